The van der Waals surface area contributed by atoms with Gasteiger partial charge in [0.1, 0.15) is 30.5 Å². The first-order chi connectivity index (χ1) is 11.5. The number of rotatable bonds is 11. The molecule has 0 saturated carbocycles. The molecule has 0 radical (unpaired) electrons. The van der Waals surface area contributed by atoms with Crippen molar-refractivity contribution in [2.24, 2.45) is 0 Å². The normalized spacial score (nSPS) is 21.1. The van der Waals surface area contributed by atoms with Gasteiger partial charge >= 0.3 is 11.9 Å². The summed E-state index contributed by atoms with van der Waals surface area (Å²) >= 11 is 0. The monoisotopic (exact) mass is 372 g/mol. The summed E-state index contributed by atoms with van der Waals surface area (Å²) in [5.74, 6) is -3.73. The van der Waals surface area contributed by atoms with E-state index >= 15 is 0 Å². The highest BCUT2D eigenvalue weighted by molar-refractivity contribution is 5.76. The van der Waals surface area contributed by atoms with Crippen LogP contribution in [0.4, 0.5) is 0 Å². The Morgan fingerprint density at radius 1 is 0.840 bits per heavy atom. The molecule has 0 saturated heterocycles. The van der Waals surface area contributed by atoms with E-state index < -0.39 is 67.4 Å². The fourth-order valence-electron chi connectivity index (χ4n) is 1.60. The van der Waals surface area contributed by atoms with Crippen LogP contribution in [0.5, 0.6) is 0 Å². The number of esters is 1. The van der Waals surface area contributed by atoms with Crippen LogP contribution in [0.3, 0.4) is 0 Å². The van der Waals surface area contributed by atoms with E-state index in [1.54, 1.807) is 0 Å². The van der Waals surface area contributed by atoms with Gasteiger partial charge in [0.05, 0.1) is 6.61 Å². The van der Waals surface area contributed by atoms with Crippen LogP contribution in [-0.4, -0.2) is 120 Å². The predicted molar refractivity (Wildman–Crippen MR) is 72.7 cm³/mol. The molecule has 0 fully saturated rings. The van der Waals surface area contributed by atoms with Crippen molar-refractivity contribution < 1.29 is 65.1 Å². The molecule has 8 atom stereocenters. The Morgan fingerprint density at radius 2 is 1.32 bits per heavy atom. The molecular formula is C12H20O13. The molecule has 0 rings (SSSR count). The molecule has 0 aliphatic rings. The standard InChI is InChI=1S/C12H20O13/c13-1-3(15)5(16)6(17)4(2-14)25-12(24)10(21)8(19)7(18)9(20)11(22)23/h1,3-10,14-21H,2H2,(H,22,23)/t3-,4+,5+,6+,7-,8-,9-,10+/m0/s1. The molecule has 0 aromatic heterocycles. The van der Waals surface area contributed by atoms with Crippen LogP contribution in [0.25, 0.3) is 0 Å². The Morgan fingerprint density at radius 3 is 1.72 bits per heavy atom. The summed E-state index contributed by atoms with van der Waals surface area (Å²) < 4.78 is 4.37. The van der Waals surface area contributed by atoms with E-state index in [0.29, 0.717) is 0 Å². The van der Waals surface area contributed by atoms with E-state index in [4.69, 9.17) is 20.4 Å². The number of carboxylic acid groups (broad SMARTS) is 1. The number of hydrogen-bond acceptors (Lipinski definition) is 12. The molecule has 13 heteroatoms. The average Bonchev–Trinajstić information content (AvgIpc) is 2.60. The van der Waals surface area contributed by atoms with Crippen LogP contribution < -0.4 is 0 Å². The highest BCUT2D eigenvalue weighted by atomic mass is 16.6. The van der Waals surface area contributed by atoms with Crippen molar-refractivity contribution in [2.75, 3.05) is 6.61 Å². The first-order valence-corrected chi connectivity index (χ1v) is 6.75. The number of carbonyl (C=O) groups is 3. The number of aliphatic hydroxyl groups excluding tert-OH is 8. The highest BCUT2D eigenvalue weighted by Crippen LogP contribution is 2.12. The zero-order valence-electron chi connectivity index (χ0n) is 12.6. The molecule has 0 amide bonds. The first-order valence-electron chi connectivity index (χ1n) is 6.75. The minimum Gasteiger partial charge on any atom is -0.479 e. The summed E-state index contributed by atoms with van der Waals surface area (Å²) in [6.45, 7) is -1.14. The smallest absolute Gasteiger partial charge is 0.338 e. The Kier molecular flexibility index (Phi) is 9.61. The van der Waals surface area contributed by atoms with E-state index in [0.717, 1.165) is 0 Å². The molecule has 9 N–H and O–H groups in total. The van der Waals surface area contributed by atoms with E-state index in [9.17, 15) is 39.9 Å². The summed E-state index contributed by atoms with van der Waals surface area (Å²) in [5, 5.41) is 82.8. The quantitative estimate of drug-likeness (QED) is 0.121. The fourth-order valence-corrected chi connectivity index (χ4v) is 1.60. The maximum Gasteiger partial charge on any atom is 0.338 e. The number of carboxylic acids is 1. The number of carbonyl (C=O) groups excluding carboxylic acids is 2. The summed E-state index contributed by atoms with van der Waals surface area (Å²) in [6.07, 6.45) is -18.7. The van der Waals surface area contributed by atoms with E-state index in [1.807, 2.05) is 0 Å². The van der Waals surface area contributed by atoms with E-state index in [1.165, 1.54) is 0 Å². The third kappa shape index (κ3) is 6.26. The summed E-state index contributed by atoms with van der Waals surface area (Å²) in [7, 11) is 0. The van der Waals surface area contributed by atoms with Gasteiger partial charge in [-0.1, -0.05) is 0 Å². The Labute approximate surface area is 139 Å². The first kappa shape index (κ1) is 23.3. The van der Waals surface area contributed by atoms with Gasteiger partial charge in [-0.25, -0.2) is 9.59 Å². The third-order valence-corrected chi connectivity index (χ3v) is 3.16. The van der Waals surface area contributed by atoms with E-state index in [2.05, 4.69) is 4.74 Å². The minimum absolute atomic E-state index is 0.146. The second-order valence-corrected chi connectivity index (χ2v) is 4.97. The van der Waals surface area contributed by atoms with Gasteiger partial charge in [0.15, 0.2) is 24.6 Å². The van der Waals surface area contributed by atoms with Gasteiger partial charge in [-0.3, -0.25) is 0 Å². The molecule has 13 nitrogen and oxygen atoms in total. The lowest BCUT2D eigenvalue weighted by Crippen LogP contribution is -2.53. The van der Waals surface area contributed by atoms with Gasteiger partial charge in [-0.05, 0) is 0 Å². The zero-order chi connectivity index (χ0) is 19.9. The van der Waals surface area contributed by atoms with Crippen molar-refractivity contribution in [3.8, 4) is 0 Å². The summed E-state index contributed by atoms with van der Waals surface area (Å²) in [6, 6.07) is 0. The van der Waals surface area contributed by atoms with Crippen molar-refractivity contribution in [3.05, 3.63) is 0 Å². The summed E-state index contributed by atoms with van der Waals surface area (Å²) in [5.41, 5.74) is 0. The van der Waals surface area contributed by atoms with Gasteiger partial charge < -0.3 is 55.5 Å². The van der Waals surface area contributed by atoms with Crippen LogP contribution in [-0.2, 0) is 19.1 Å². The van der Waals surface area contributed by atoms with Crippen LogP contribution in [0, 0.1) is 0 Å². The molecule has 0 heterocycles. The van der Waals surface area contributed by atoms with E-state index in [-0.39, 0.29) is 6.29 Å². The number of aliphatic carboxylic acids is 1. The van der Waals surface area contributed by atoms with Gasteiger partial charge in [0.25, 0.3) is 0 Å². The van der Waals surface area contributed by atoms with Crippen LogP contribution >= 0.6 is 0 Å². The van der Waals surface area contributed by atoms with Crippen molar-refractivity contribution >= 4 is 18.2 Å². The predicted octanol–water partition coefficient (Wildman–Crippen LogP) is -6.30. The molecule has 146 valence electrons. The SMILES string of the molecule is O=C[C@H](O)[C@@H](O)[C@H](O)[C@@H](CO)OC(=O)[C@H](O)[C@@H](O)[C@H](O)[C@H](O)C(=O)O. The fraction of sp³-hybridized carbons (Fsp3) is 0.750. The zero-order valence-corrected chi connectivity index (χ0v) is 12.6. The number of hydrogen-bond donors (Lipinski definition) is 9. The van der Waals surface area contributed by atoms with Crippen LogP contribution in [0.15, 0.2) is 0 Å². The lowest BCUT2D eigenvalue weighted by Gasteiger charge is -2.28. The molecule has 0 unspecified atom stereocenters. The van der Waals surface area contributed by atoms with Gasteiger partial charge in [-0.15, -0.1) is 0 Å². The van der Waals surface area contributed by atoms with Gasteiger partial charge in [0.2, 0.25) is 0 Å². The maximum atomic E-state index is 11.6. The number of ether oxygens (including phenoxy) is 1. The van der Waals surface area contributed by atoms with Crippen LogP contribution in [0.1, 0.15) is 0 Å². The second-order valence-electron chi connectivity index (χ2n) is 4.97. The molecule has 0 aliphatic carbocycles. The molecule has 0 bridgehead atoms. The maximum absolute atomic E-state index is 11.6. The van der Waals surface area contributed by atoms with Crippen molar-refractivity contribution in [3.63, 3.8) is 0 Å². The minimum atomic E-state index is -2.60. The second kappa shape index (κ2) is 10.3. The Balaban J connectivity index is 4.97. The van der Waals surface area contributed by atoms with Gasteiger partial charge in [0, 0.05) is 0 Å². The molecular weight excluding hydrogens is 352 g/mol. The van der Waals surface area contributed by atoms with Crippen molar-refractivity contribution in [1.29, 1.82) is 0 Å². The van der Waals surface area contributed by atoms with Crippen molar-refractivity contribution in [2.45, 2.75) is 48.8 Å². The molecule has 0 spiro atoms. The summed E-state index contributed by atoms with van der Waals surface area (Å²) in [4.78, 5) is 32.4. The van der Waals surface area contributed by atoms with Crippen molar-refractivity contribution in [1.82, 2.24) is 0 Å². The molecule has 25 heavy (non-hydrogen) atoms. The number of aliphatic hydroxyl groups is 8. The lowest BCUT2D eigenvalue weighted by atomic mass is 10.0. The lowest BCUT2D eigenvalue weighted by molar-refractivity contribution is -0.190. The van der Waals surface area contributed by atoms with Gasteiger partial charge in [-0.2, -0.15) is 0 Å². The third-order valence-electron chi connectivity index (χ3n) is 3.16. The molecule has 0 aromatic rings. The largest absolute Gasteiger partial charge is 0.479 e. The molecule has 0 aliphatic heterocycles. The topological polar surface area (TPSA) is 243 Å². The Bertz CT molecular complexity index is 454. The highest BCUT2D eigenvalue weighted by Gasteiger charge is 2.40. The number of aldehydes is 1. The average molecular weight is 372 g/mol. The molecule has 0 aromatic carbocycles. The Hall–Kier alpha value is -1.71. The van der Waals surface area contributed by atoms with Crippen LogP contribution in [0.2, 0.25) is 0 Å².